The summed E-state index contributed by atoms with van der Waals surface area (Å²) in [7, 11) is 0. The number of aliphatic hydroxyl groups excluding tert-OH is 1. The minimum Gasteiger partial charge on any atom is -0.466 e. The number of carbonyl (C=O) groups is 1. The van der Waals surface area contributed by atoms with E-state index >= 15 is 0 Å². The predicted octanol–water partition coefficient (Wildman–Crippen LogP) is -0.480. The molecule has 2 N–H and O–H groups in total. The smallest absolute Gasteiger partial charge is 0.312 e. The maximum absolute atomic E-state index is 11.2. The highest BCUT2D eigenvalue weighted by atomic mass is 16.5. The van der Waals surface area contributed by atoms with Crippen LogP contribution in [0.3, 0.4) is 0 Å². The molecule has 12 heavy (non-hydrogen) atoms. The van der Waals surface area contributed by atoms with Crippen molar-refractivity contribution in [3.05, 3.63) is 0 Å². The second-order valence-electron chi connectivity index (χ2n) is 2.92. The van der Waals surface area contributed by atoms with Crippen molar-refractivity contribution in [1.82, 2.24) is 5.32 Å². The average molecular weight is 173 g/mol. The molecule has 0 spiro atoms. The Morgan fingerprint density at radius 1 is 1.75 bits per heavy atom. The van der Waals surface area contributed by atoms with Gasteiger partial charge in [0, 0.05) is 6.54 Å². The molecular weight excluding hydrogens is 158 g/mol. The fourth-order valence-electron chi connectivity index (χ4n) is 1.33. The Morgan fingerprint density at radius 2 is 2.50 bits per heavy atom. The lowest BCUT2D eigenvalue weighted by Gasteiger charge is -2.26. The van der Waals surface area contributed by atoms with E-state index in [-0.39, 0.29) is 11.9 Å². The average Bonchev–Trinajstić information content (AvgIpc) is 2.05. The summed E-state index contributed by atoms with van der Waals surface area (Å²) >= 11 is 0. The molecule has 0 aromatic rings. The van der Waals surface area contributed by atoms with Gasteiger partial charge >= 0.3 is 5.97 Å². The largest absolute Gasteiger partial charge is 0.466 e. The highest BCUT2D eigenvalue weighted by Gasteiger charge is 2.30. The van der Waals surface area contributed by atoms with Crippen LogP contribution >= 0.6 is 0 Å². The van der Waals surface area contributed by atoms with Gasteiger partial charge in [-0.15, -0.1) is 0 Å². The van der Waals surface area contributed by atoms with Crippen molar-refractivity contribution < 1.29 is 14.6 Å². The Kier molecular flexibility index (Phi) is 3.49. The molecule has 0 aromatic carbocycles. The number of ether oxygens (including phenoxy) is 1. The molecule has 1 aliphatic rings. The van der Waals surface area contributed by atoms with Crippen LogP contribution in [-0.4, -0.2) is 36.9 Å². The van der Waals surface area contributed by atoms with E-state index in [1.807, 2.05) is 0 Å². The van der Waals surface area contributed by atoms with Crippen LogP contribution in [0.5, 0.6) is 0 Å². The molecule has 4 heteroatoms. The summed E-state index contributed by atoms with van der Waals surface area (Å²) in [5.74, 6) is -0.670. The molecule has 1 fully saturated rings. The first-order valence-electron chi connectivity index (χ1n) is 4.31. The summed E-state index contributed by atoms with van der Waals surface area (Å²) in [5, 5.41) is 12.5. The molecule has 4 nitrogen and oxygen atoms in total. The highest BCUT2D eigenvalue weighted by Crippen LogP contribution is 2.12. The fraction of sp³-hybridized carbons (Fsp3) is 0.875. The third-order valence-corrected chi connectivity index (χ3v) is 2.03. The van der Waals surface area contributed by atoms with Crippen LogP contribution in [0.15, 0.2) is 0 Å². The van der Waals surface area contributed by atoms with E-state index in [2.05, 4.69) is 5.32 Å². The highest BCUT2D eigenvalue weighted by molar-refractivity contribution is 5.73. The zero-order valence-corrected chi connectivity index (χ0v) is 7.25. The standard InChI is InChI=1S/C8H15NO3/c1-2-12-8(11)6-5-9-4-3-7(6)10/h6-7,9-10H,2-5H2,1H3/t6-,7-/m1/s1. The molecule has 0 aliphatic carbocycles. The monoisotopic (exact) mass is 173 g/mol. The molecule has 1 rings (SSSR count). The van der Waals surface area contributed by atoms with Crippen molar-refractivity contribution in [2.75, 3.05) is 19.7 Å². The van der Waals surface area contributed by atoms with Crippen LogP contribution in [0.1, 0.15) is 13.3 Å². The fourth-order valence-corrected chi connectivity index (χ4v) is 1.33. The molecule has 0 amide bonds. The van der Waals surface area contributed by atoms with E-state index in [9.17, 15) is 9.90 Å². The molecule has 1 saturated heterocycles. The topological polar surface area (TPSA) is 58.6 Å². The summed E-state index contributed by atoms with van der Waals surface area (Å²) in [5.41, 5.74) is 0. The van der Waals surface area contributed by atoms with Gasteiger partial charge < -0.3 is 15.2 Å². The quantitative estimate of drug-likeness (QED) is 0.554. The van der Waals surface area contributed by atoms with Crippen LogP contribution in [0, 0.1) is 5.92 Å². The van der Waals surface area contributed by atoms with E-state index in [1.165, 1.54) is 0 Å². The van der Waals surface area contributed by atoms with Crippen LogP contribution in [0.2, 0.25) is 0 Å². The second-order valence-corrected chi connectivity index (χ2v) is 2.92. The molecule has 1 aliphatic heterocycles. The van der Waals surface area contributed by atoms with E-state index in [0.29, 0.717) is 19.6 Å². The van der Waals surface area contributed by atoms with Gasteiger partial charge in [0.2, 0.25) is 0 Å². The van der Waals surface area contributed by atoms with Crippen molar-refractivity contribution in [3.63, 3.8) is 0 Å². The van der Waals surface area contributed by atoms with Gasteiger partial charge in [0.15, 0.2) is 0 Å². The first kappa shape index (κ1) is 9.48. The molecule has 70 valence electrons. The van der Waals surface area contributed by atoms with Gasteiger partial charge in [-0.3, -0.25) is 4.79 Å². The first-order chi connectivity index (χ1) is 5.75. The van der Waals surface area contributed by atoms with Gasteiger partial charge in [-0.1, -0.05) is 0 Å². The second kappa shape index (κ2) is 4.42. The number of aliphatic hydroxyl groups is 1. The van der Waals surface area contributed by atoms with E-state index < -0.39 is 6.10 Å². The van der Waals surface area contributed by atoms with E-state index in [4.69, 9.17) is 4.74 Å². The van der Waals surface area contributed by atoms with Crippen molar-refractivity contribution in [2.24, 2.45) is 5.92 Å². The zero-order chi connectivity index (χ0) is 8.97. The maximum atomic E-state index is 11.2. The Morgan fingerprint density at radius 3 is 3.08 bits per heavy atom. The predicted molar refractivity (Wildman–Crippen MR) is 43.6 cm³/mol. The van der Waals surface area contributed by atoms with Gasteiger partial charge in [0.1, 0.15) is 0 Å². The van der Waals surface area contributed by atoms with E-state index in [0.717, 1.165) is 6.54 Å². The molecule has 1 heterocycles. The number of hydrogen-bond donors (Lipinski definition) is 2. The normalized spacial score (nSPS) is 29.8. The zero-order valence-electron chi connectivity index (χ0n) is 7.25. The van der Waals surface area contributed by atoms with Gasteiger partial charge in [0.25, 0.3) is 0 Å². The number of piperidine rings is 1. The van der Waals surface area contributed by atoms with Gasteiger partial charge in [-0.2, -0.15) is 0 Å². The van der Waals surface area contributed by atoms with Crippen LogP contribution in [-0.2, 0) is 9.53 Å². The number of esters is 1. The van der Waals surface area contributed by atoms with Crippen molar-refractivity contribution in [2.45, 2.75) is 19.4 Å². The SMILES string of the molecule is CCOC(=O)[C@@H]1CNCC[C@H]1O. The molecule has 0 bridgehead atoms. The minimum absolute atomic E-state index is 0.294. The lowest BCUT2D eigenvalue weighted by Crippen LogP contribution is -2.44. The van der Waals surface area contributed by atoms with Crippen LogP contribution < -0.4 is 5.32 Å². The van der Waals surface area contributed by atoms with Crippen LogP contribution in [0.25, 0.3) is 0 Å². The summed E-state index contributed by atoms with van der Waals surface area (Å²) < 4.78 is 4.81. The molecular formula is C8H15NO3. The molecule has 0 saturated carbocycles. The molecule has 2 atom stereocenters. The van der Waals surface area contributed by atoms with Crippen LogP contribution in [0.4, 0.5) is 0 Å². The summed E-state index contributed by atoms with van der Waals surface area (Å²) in [6.45, 7) is 3.44. The number of carbonyl (C=O) groups excluding carboxylic acids is 1. The number of rotatable bonds is 2. The summed E-state index contributed by atoms with van der Waals surface area (Å²) in [4.78, 5) is 11.2. The third kappa shape index (κ3) is 2.19. The Balaban J connectivity index is 2.42. The van der Waals surface area contributed by atoms with E-state index in [1.54, 1.807) is 6.92 Å². The molecule has 0 unspecified atom stereocenters. The third-order valence-electron chi connectivity index (χ3n) is 2.03. The Labute approximate surface area is 71.9 Å². The van der Waals surface area contributed by atoms with Gasteiger partial charge in [-0.05, 0) is 19.9 Å². The Hall–Kier alpha value is -0.610. The maximum Gasteiger partial charge on any atom is 0.312 e. The first-order valence-corrected chi connectivity index (χ1v) is 4.31. The number of hydrogen-bond acceptors (Lipinski definition) is 4. The summed E-state index contributed by atoms with van der Waals surface area (Å²) in [6.07, 6.45) is 0.0917. The van der Waals surface area contributed by atoms with Gasteiger partial charge in [0.05, 0.1) is 18.6 Å². The van der Waals surface area contributed by atoms with Crippen molar-refractivity contribution >= 4 is 5.97 Å². The lowest BCUT2D eigenvalue weighted by molar-refractivity contribution is -0.152. The Bertz CT molecular complexity index is 160. The minimum atomic E-state index is -0.537. The molecule has 0 aromatic heterocycles. The number of nitrogens with one attached hydrogen (secondary N) is 1. The summed E-state index contributed by atoms with van der Waals surface area (Å²) in [6, 6.07) is 0. The van der Waals surface area contributed by atoms with Gasteiger partial charge in [-0.25, -0.2) is 0 Å². The molecule has 0 radical (unpaired) electrons. The lowest BCUT2D eigenvalue weighted by atomic mass is 9.96. The van der Waals surface area contributed by atoms with Crippen molar-refractivity contribution in [3.8, 4) is 0 Å². The van der Waals surface area contributed by atoms with Crippen molar-refractivity contribution in [1.29, 1.82) is 0 Å².